The van der Waals surface area contributed by atoms with E-state index in [1.165, 1.54) is 0 Å². The van der Waals surface area contributed by atoms with Crippen molar-refractivity contribution in [3.8, 4) is 0 Å². The fraction of sp³-hybridized carbons (Fsp3) is 0.579. The van der Waals surface area contributed by atoms with Crippen molar-refractivity contribution in [1.82, 2.24) is 24.6 Å². The number of carbonyl (C=O) groups excluding carboxylic acids is 2. The van der Waals surface area contributed by atoms with Crippen molar-refractivity contribution in [3.05, 3.63) is 35.7 Å². The second-order valence-corrected chi connectivity index (χ2v) is 7.74. The van der Waals surface area contributed by atoms with Crippen molar-refractivity contribution in [1.29, 1.82) is 0 Å². The van der Waals surface area contributed by atoms with Crippen LogP contribution in [-0.2, 0) is 27.3 Å². The van der Waals surface area contributed by atoms with Crippen molar-refractivity contribution >= 4 is 11.9 Å². The summed E-state index contributed by atoms with van der Waals surface area (Å²) in [5.41, 5.74) is 2.34. The Morgan fingerprint density at radius 3 is 2.78 bits per heavy atom. The van der Waals surface area contributed by atoms with Crippen molar-refractivity contribution in [2.24, 2.45) is 5.41 Å². The van der Waals surface area contributed by atoms with Gasteiger partial charge in [0.2, 0.25) is 5.91 Å². The van der Waals surface area contributed by atoms with Gasteiger partial charge >= 0.3 is 5.97 Å². The number of hydrogen-bond donors (Lipinski definition) is 1. The van der Waals surface area contributed by atoms with E-state index in [2.05, 4.69) is 15.2 Å². The number of H-pyrrole nitrogens is 1. The number of esters is 1. The normalized spacial score (nSPS) is 21.6. The smallest absolute Gasteiger partial charge is 0.312 e. The van der Waals surface area contributed by atoms with Crippen LogP contribution >= 0.6 is 0 Å². The number of carbonyl (C=O) groups is 2. The van der Waals surface area contributed by atoms with Crippen LogP contribution < -0.4 is 0 Å². The molecule has 0 saturated carbocycles. The molecular formula is C19H25N5O3. The van der Waals surface area contributed by atoms with E-state index in [9.17, 15) is 9.59 Å². The molecule has 144 valence electrons. The maximum Gasteiger partial charge on any atom is 0.312 e. The number of piperidine rings is 1. The summed E-state index contributed by atoms with van der Waals surface area (Å²) in [6.07, 6.45) is 7.62. The van der Waals surface area contributed by atoms with Crippen LogP contribution in [0.5, 0.6) is 0 Å². The molecule has 1 spiro atoms. The first-order valence-electron chi connectivity index (χ1n) is 9.42. The molecule has 2 saturated heterocycles. The van der Waals surface area contributed by atoms with Gasteiger partial charge in [-0.2, -0.15) is 5.10 Å². The minimum absolute atomic E-state index is 0.0961. The fourth-order valence-electron chi connectivity index (χ4n) is 4.26. The molecule has 0 bridgehead atoms. The second-order valence-electron chi connectivity index (χ2n) is 7.74. The van der Waals surface area contributed by atoms with Gasteiger partial charge in [-0.25, -0.2) is 4.98 Å². The van der Waals surface area contributed by atoms with Crippen molar-refractivity contribution < 1.29 is 14.3 Å². The molecule has 2 aromatic heterocycles. The standard InChI is InChI=1S/C19H25N5O3/c1-13-16(14(2)22-21-13)9-17(25)24-6-3-19(4-7-24)10-15(27-18(19)26)11-23-8-5-20-12-23/h5,8,12,15H,3-4,6-7,9-11H2,1-2H3,(H,21,22). The Morgan fingerprint density at radius 1 is 1.37 bits per heavy atom. The zero-order chi connectivity index (χ0) is 19.0. The predicted molar refractivity (Wildman–Crippen MR) is 96.7 cm³/mol. The average molecular weight is 371 g/mol. The monoisotopic (exact) mass is 371 g/mol. The first-order chi connectivity index (χ1) is 13.0. The van der Waals surface area contributed by atoms with Gasteiger partial charge in [0.05, 0.1) is 30.4 Å². The summed E-state index contributed by atoms with van der Waals surface area (Å²) in [7, 11) is 0. The van der Waals surface area contributed by atoms with Gasteiger partial charge in [0.15, 0.2) is 0 Å². The molecule has 0 aromatic carbocycles. The number of nitrogens with one attached hydrogen (secondary N) is 1. The summed E-state index contributed by atoms with van der Waals surface area (Å²) < 4.78 is 7.57. The topological polar surface area (TPSA) is 93.1 Å². The Kier molecular flexibility index (Phi) is 4.49. The van der Waals surface area contributed by atoms with E-state index in [0.29, 0.717) is 45.3 Å². The van der Waals surface area contributed by atoms with Gasteiger partial charge in [0.25, 0.3) is 0 Å². The Balaban J connectivity index is 1.35. The van der Waals surface area contributed by atoms with E-state index in [-0.39, 0.29) is 18.0 Å². The molecule has 0 aliphatic carbocycles. The number of hydrogen-bond acceptors (Lipinski definition) is 5. The van der Waals surface area contributed by atoms with Crippen LogP contribution in [0.4, 0.5) is 0 Å². The van der Waals surface area contributed by atoms with E-state index >= 15 is 0 Å². The molecule has 2 aromatic rings. The van der Waals surface area contributed by atoms with E-state index < -0.39 is 5.41 Å². The number of aromatic nitrogens is 4. The minimum Gasteiger partial charge on any atom is -0.460 e. The summed E-state index contributed by atoms with van der Waals surface area (Å²) >= 11 is 0. The first-order valence-corrected chi connectivity index (χ1v) is 9.42. The van der Waals surface area contributed by atoms with Crippen LogP contribution in [0.15, 0.2) is 18.7 Å². The highest BCUT2D eigenvalue weighted by atomic mass is 16.6. The quantitative estimate of drug-likeness (QED) is 0.820. The Labute approximate surface area is 157 Å². The molecule has 2 aliphatic heterocycles. The molecule has 0 radical (unpaired) electrons. The number of likely N-dealkylation sites (tertiary alicyclic amines) is 1. The Morgan fingerprint density at radius 2 is 2.15 bits per heavy atom. The number of aryl methyl sites for hydroxylation is 2. The number of ether oxygens (including phenoxy) is 1. The van der Waals surface area contributed by atoms with E-state index in [1.807, 2.05) is 29.5 Å². The van der Waals surface area contributed by atoms with Gasteiger partial charge < -0.3 is 14.2 Å². The molecule has 4 rings (SSSR count). The van der Waals surface area contributed by atoms with E-state index in [4.69, 9.17) is 4.74 Å². The number of aromatic amines is 1. The molecule has 8 heteroatoms. The van der Waals surface area contributed by atoms with Crippen LogP contribution in [0.25, 0.3) is 0 Å². The number of imidazole rings is 1. The number of rotatable bonds is 4. The van der Waals surface area contributed by atoms with Gasteiger partial charge in [-0.1, -0.05) is 0 Å². The van der Waals surface area contributed by atoms with Crippen LogP contribution in [0.3, 0.4) is 0 Å². The molecule has 1 amide bonds. The maximum atomic E-state index is 12.7. The van der Waals surface area contributed by atoms with Crippen LogP contribution in [0.1, 0.15) is 36.2 Å². The number of amides is 1. The molecule has 4 heterocycles. The lowest BCUT2D eigenvalue weighted by atomic mass is 9.76. The van der Waals surface area contributed by atoms with Crippen LogP contribution in [-0.4, -0.2) is 55.7 Å². The lowest BCUT2D eigenvalue weighted by Crippen LogP contribution is -2.45. The summed E-state index contributed by atoms with van der Waals surface area (Å²) in [6.45, 7) is 5.67. The summed E-state index contributed by atoms with van der Waals surface area (Å²) in [5, 5.41) is 7.08. The number of nitrogens with zero attached hydrogens (tertiary/aromatic N) is 4. The fourth-order valence-corrected chi connectivity index (χ4v) is 4.26. The van der Waals surface area contributed by atoms with Gasteiger partial charge in [-0.15, -0.1) is 0 Å². The van der Waals surface area contributed by atoms with Crippen LogP contribution in [0.2, 0.25) is 0 Å². The summed E-state index contributed by atoms with van der Waals surface area (Å²) in [5.74, 6) is -0.0139. The largest absolute Gasteiger partial charge is 0.460 e. The predicted octanol–water partition coefficient (Wildman–Crippen LogP) is 1.39. The molecule has 8 nitrogen and oxygen atoms in total. The van der Waals surface area contributed by atoms with Crippen molar-refractivity contribution in [2.75, 3.05) is 13.1 Å². The lowest BCUT2D eigenvalue weighted by molar-refractivity contribution is -0.152. The molecule has 1 N–H and O–H groups in total. The molecule has 2 fully saturated rings. The van der Waals surface area contributed by atoms with Gasteiger partial charge in [-0.3, -0.25) is 14.7 Å². The maximum absolute atomic E-state index is 12.7. The van der Waals surface area contributed by atoms with Gasteiger partial charge in [-0.05, 0) is 26.7 Å². The summed E-state index contributed by atoms with van der Waals surface area (Å²) in [4.78, 5) is 31.1. The second kappa shape index (κ2) is 6.83. The molecule has 27 heavy (non-hydrogen) atoms. The molecule has 1 atom stereocenters. The third-order valence-electron chi connectivity index (χ3n) is 5.98. The molecule has 1 unspecified atom stereocenters. The zero-order valence-corrected chi connectivity index (χ0v) is 15.8. The highest BCUT2D eigenvalue weighted by Crippen LogP contribution is 2.43. The molecule has 2 aliphatic rings. The van der Waals surface area contributed by atoms with Crippen molar-refractivity contribution in [2.45, 2.75) is 52.2 Å². The molecular weight excluding hydrogens is 346 g/mol. The Bertz CT molecular complexity index is 814. The van der Waals surface area contributed by atoms with Crippen LogP contribution in [0, 0.1) is 19.3 Å². The average Bonchev–Trinajstić information content (AvgIpc) is 3.34. The summed E-state index contributed by atoms with van der Waals surface area (Å²) in [6, 6.07) is 0. The van der Waals surface area contributed by atoms with E-state index in [1.54, 1.807) is 12.5 Å². The van der Waals surface area contributed by atoms with Crippen molar-refractivity contribution in [3.63, 3.8) is 0 Å². The minimum atomic E-state index is -0.441. The highest BCUT2D eigenvalue weighted by Gasteiger charge is 2.50. The SMILES string of the molecule is Cc1n[nH]c(C)c1CC(=O)N1CCC2(CC1)CC(Cn1ccnc1)OC2=O. The highest BCUT2D eigenvalue weighted by molar-refractivity contribution is 5.82. The van der Waals surface area contributed by atoms with Gasteiger partial charge in [0.1, 0.15) is 6.10 Å². The third kappa shape index (κ3) is 3.36. The van der Waals surface area contributed by atoms with Gasteiger partial charge in [0, 0.05) is 43.2 Å². The lowest BCUT2D eigenvalue weighted by Gasteiger charge is -2.36. The Hall–Kier alpha value is -2.64. The van der Waals surface area contributed by atoms with E-state index in [0.717, 1.165) is 17.0 Å². The zero-order valence-electron chi connectivity index (χ0n) is 15.8. The third-order valence-corrected chi connectivity index (χ3v) is 5.98. The number of cyclic esters (lactones) is 1. The first kappa shape index (κ1) is 17.8.